The Balaban J connectivity index is 0.000000103. The molecular weight excluding hydrogens is 1630 g/mol. The molecule has 594 valence electrons. The molecule has 0 amide bonds. The van der Waals surface area contributed by atoms with Gasteiger partial charge in [0.05, 0.1) is 64.4 Å². The van der Waals surface area contributed by atoms with Crippen LogP contribution in [0.1, 0.15) is 45.4 Å². The van der Waals surface area contributed by atoms with Gasteiger partial charge in [-0.15, -0.1) is 4.98 Å². The van der Waals surface area contributed by atoms with E-state index in [1.165, 1.54) is 5.39 Å². The van der Waals surface area contributed by atoms with E-state index in [2.05, 4.69) is 183 Å². The highest BCUT2D eigenvalue weighted by Crippen LogP contribution is 2.52. The molecule has 0 saturated heterocycles. The fraction of sp³-hybridized carbons (Fsp3) is 0. The molecular formula is C111H45N21. The molecule has 0 saturated carbocycles. The normalized spacial score (nSPS) is 11.1. The number of aromatic nitrogens is 9. The fourth-order valence-corrected chi connectivity index (χ4v) is 18.9. The lowest BCUT2D eigenvalue weighted by atomic mass is 9.88. The number of benzene rings is 20. The molecule has 0 aliphatic carbocycles. The number of hydrogen-bond acceptors (Lipinski definition) is 17. The lowest BCUT2D eigenvalue weighted by Gasteiger charge is -2.15. The van der Waals surface area contributed by atoms with Gasteiger partial charge in [0.2, 0.25) is 11.4 Å². The second-order valence-corrected chi connectivity index (χ2v) is 31.2. The van der Waals surface area contributed by atoms with Gasteiger partial charge in [-0.25, -0.2) is 39.9 Å². The smallest absolute Gasteiger partial charge is 0.307 e. The van der Waals surface area contributed by atoms with Crippen LogP contribution in [0.2, 0.25) is 0 Å². The van der Waals surface area contributed by atoms with E-state index in [1.807, 2.05) is 176 Å². The van der Waals surface area contributed by atoms with Crippen LogP contribution >= 0.6 is 0 Å². The summed E-state index contributed by atoms with van der Waals surface area (Å²) in [6.45, 7) is 30.6. The average molecular weight is 1670 g/mol. The van der Waals surface area contributed by atoms with Gasteiger partial charge in [0.25, 0.3) is 0 Å². The molecule has 0 aliphatic heterocycles. The predicted octanol–water partition coefficient (Wildman–Crippen LogP) is 26.7. The summed E-state index contributed by atoms with van der Waals surface area (Å²) in [7, 11) is 0. The van der Waals surface area contributed by atoms with Gasteiger partial charge in [0.1, 0.15) is 59.0 Å². The molecule has 5 heterocycles. The van der Waals surface area contributed by atoms with E-state index >= 15 is 0 Å². The molecule has 21 heteroatoms. The van der Waals surface area contributed by atoms with Gasteiger partial charge in [0, 0.05) is 64.6 Å². The van der Waals surface area contributed by atoms with E-state index in [1.54, 1.807) is 12.1 Å². The topological polar surface area (TPSA) is 324 Å². The van der Waals surface area contributed by atoms with Crippen LogP contribution in [0.25, 0.3) is 247 Å². The molecule has 25 rings (SSSR count). The molecule has 21 nitrogen and oxygen atoms in total. The second-order valence-electron chi connectivity index (χ2n) is 31.2. The summed E-state index contributed by atoms with van der Waals surface area (Å²) >= 11 is 0. The van der Waals surface area contributed by atoms with Crippen molar-refractivity contribution in [3.63, 3.8) is 0 Å². The van der Waals surface area contributed by atoms with Gasteiger partial charge in [-0.2, -0.15) is 42.1 Å². The minimum absolute atomic E-state index is 0.000917. The van der Waals surface area contributed by atoms with Crippen LogP contribution in [0, 0.1) is 117 Å². The Bertz CT molecular complexity index is 10000. The van der Waals surface area contributed by atoms with E-state index in [9.17, 15) is 42.1 Å². The molecule has 132 heavy (non-hydrogen) atoms. The quantitative estimate of drug-likeness (QED) is 0.0773. The number of hydrogen-bond donors (Lipinski definition) is 0. The number of para-hydroxylation sites is 1. The zero-order valence-corrected chi connectivity index (χ0v) is 68.4. The van der Waals surface area contributed by atoms with Crippen LogP contribution in [0.3, 0.4) is 0 Å². The third kappa shape index (κ3) is 11.7. The van der Waals surface area contributed by atoms with Gasteiger partial charge < -0.3 is 4.85 Å². The number of nitrogens with zero attached hydrogens (tertiary/aromatic N) is 21. The molecule has 0 atom stereocenters. The highest BCUT2D eigenvalue weighted by atomic mass is 14.9. The summed E-state index contributed by atoms with van der Waals surface area (Å²) in [5.74, 6) is 0.0358. The van der Waals surface area contributed by atoms with Gasteiger partial charge >= 0.3 is 5.82 Å². The third-order valence-corrected chi connectivity index (χ3v) is 24.5. The van der Waals surface area contributed by atoms with Gasteiger partial charge in [0.15, 0.2) is 51.1 Å². The van der Waals surface area contributed by atoms with Crippen molar-refractivity contribution in [3.05, 3.63) is 364 Å². The summed E-state index contributed by atoms with van der Waals surface area (Å²) < 4.78 is 0. The molecule has 5 aromatic heterocycles. The van der Waals surface area contributed by atoms with Crippen molar-refractivity contribution < 1.29 is 0 Å². The lowest BCUT2D eigenvalue weighted by molar-refractivity contribution is 1.20. The van der Waals surface area contributed by atoms with Crippen molar-refractivity contribution >= 4 is 250 Å². The Morgan fingerprint density at radius 3 is 0.947 bits per heavy atom. The first-order chi connectivity index (χ1) is 64.9. The molecule has 0 aliphatic rings. The number of nitriles is 8. The van der Waals surface area contributed by atoms with Gasteiger partial charge in [-0.05, 0) is 138 Å². The second kappa shape index (κ2) is 30.6. The minimum atomic E-state index is -0.175. The zero-order valence-electron chi connectivity index (χ0n) is 68.4. The molecule has 0 radical (unpaired) electrons. The zero-order chi connectivity index (χ0) is 89.8. The van der Waals surface area contributed by atoms with Gasteiger partial charge in [-0.1, -0.05) is 249 Å². The van der Waals surface area contributed by atoms with Crippen LogP contribution in [-0.4, -0.2) is 44.9 Å². The molecule has 0 fully saturated rings. The molecule has 25 aromatic rings. The Morgan fingerprint density at radius 2 is 0.500 bits per heavy atom. The van der Waals surface area contributed by atoms with Crippen LogP contribution in [0.5, 0.6) is 0 Å². The Hall–Kier alpha value is -20.8. The highest BCUT2D eigenvalue weighted by molar-refractivity contribution is 6.42. The van der Waals surface area contributed by atoms with Crippen LogP contribution < -0.4 is 0 Å². The molecule has 20 aromatic carbocycles. The van der Waals surface area contributed by atoms with Crippen LogP contribution in [0.15, 0.2) is 273 Å². The Kier molecular flexibility index (Phi) is 17.9. The van der Waals surface area contributed by atoms with Crippen molar-refractivity contribution in [1.82, 2.24) is 44.9 Å². The fourth-order valence-electron chi connectivity index (χ4n) is 18.9. The van der Waals surface area contributed by atoms with Crippen molar-refractivity contribution in [2.24, 2.45) is 0 Å². The average Bonchev–Trinajstić information content (AvgIpc) is 0.702. The maximum absolute atomic E-state index is 10.00. The molecule has 0 N–H and O–H groups in total. The van der Waals surface area contributed by atoms with E-state index in [0.29, 0.717) is 76.6 Å². The van der Waals surface area contributed by atoms with E-state index in [0.717, 1.165) is 146 Å². The number of rotatable bonds is 0. The summed E-state index contributed by atoms with van der Waals surface area (Å²) in [6.07, 6.45) is 0. The first kappa shape index (κ1) is 77.3. The third-order valence-electron chi connectivity index (χ3n) is 24.5. The Labute approximate surface area is 745 Å². The van der Waals surface area contributed by atoms with Crippen molar-refractivity contribution in [2.75, 3.05) is 0 Å². The van der Waals surface area contributed by atoms with E-state index in [4.69, 9.17) is 41.2 Å². The highest BCUT2D eigenvalue weighted by Gasteiger charge is 2.28. The lowest BCUT2D eigenvalue weighted by Crippen LogP contribution is -1.99. The van der Waals surface area contributed by atoms with Gasteiger partial charge in [-0.3, -0.25) is 14.5 Å². The first-order valence-corrected chi connectivity index (χ1v) is 41.0. The summed E-state index contributed by atoms with van der Waals surface area (Å²) in [5, 5.41) is 108. The minimum Gasteiger partial charge on any atom is -0.358 e. The summed E-state index contributed by atoms with van der Waals surface area (Å²) in [4.78, 5) is 55.6. The maximum atomic E-state index is 10.00. The van der Waals surface area contributed by atoms with E-state index in [-0.39, 0.29) is 68.3 Å². The molecule has 0 spiro atoms. The number of pyridine rings is 1. The monoisotopic (exact) mass is 1670 g/mol. The molecule has 0 bridgehead atoms. The van der Waals surface area contributed by atoms with Crippen LogP contribution in [0.4, 0.5) is 22.9 Å². The van der Waals surface area contributed by atoms with Crippen LogP contribution in [-0.2, 0) is 0 Å². The largest absolute Gasteiger partial charge is 0.358 e. The standard InChI is InChI=1S/C30H8N8.C30H14N4.C26H12N4.C25H11N5/c1-34-26-20-11-19-21(10-18(20)22(12-31)27(35-2)30(26)36-3)29-28(37-23(13-32)24(14-33)38-29)17-9-8-15-6-4-5-7-16(15)25(17)19;1-32-30-24(16-31)33-28-23-15-14-17-8-2-3-9-18(17)25(23)26-21-12-6-4-10-19(21)20-11-5-7-13-22(20)27(26)29(28)34-30;27-13-22-23(14-28)30-26-21-12-17-7-2-1-6-16(17)11-20(21)24-18-8-4-3-5-15(18)9-10-19(24)25(26)29-22;26-12-20-21(13-27)30-25-23(29-20)17-10-9-14-5-1-3-7-16(14)22(17)18-11-15-6-2-4-8-19(15)28-24(18)25/h4-11H;2-15H;1-12H;1-11H. The van der Waals surface area contributed by atoms with Crippen molar-refractivity contribution in [3.8, 4) is 48.6 Å². The predicted molar refractivity (Wildman–Crippen MR) is 516 cm³/mol. The molecule has 0 unspecified atom stereocenters. The first-order valence-electron chi connectivity index (χ1n) is 41.0. The van der Waals surface area contributed by atoms with Crippen molar-refractivity contribution in [2.45, 2.75) is 0 Å². The van der Waals surface area contributed by atoms with Crippen molar-refractivity contribution in [1.29, 1.82) is 42.1 Å². The Morgan fingerprint density at radius 1 is 0.182 bits per heavy atom. The number of fused-ring (bicyclic) bond motifs is 40. The maximum Gasteiger partial charge on any atom is 0.307 e. The summed E-state index contributed by atoms with van der Waals surface area (Å²) in [6, 6.07) is 107. The van der Waals surface area contributed by atoms with E-state index < -0.39 is 0 Å². The SMILES string of the molecule is N#Cc1nc2c3cc4ccccc4cc3c3c4ccccc4ccc3c2nc1C#N.N#Cc1nc2c3ccc4ccccc4c3c3cc4ccccc4nc3c2nc1C#N.[C-]#[N+]c1c([N+]#[C-])c([N+]#[C-])c2cc3c(cc2c1C#N)c1nc(C#N)c(C#N)nc1c1ccc2ccccc2c31.[C-]#[N+]c1nc2c(nc1C#N)c1ccc3ccccc3c1c1c3ccccc3c3ccccc3c21. The summed E-state index contributed by atoms with van der Waals surface area (Å²) in [5.41, 5.74) is 5.66.